The van der Waals surface area contributed by atoms with Crippen molar-refractivity contribution in [2.45, 2.75) is 33.6 Å². The van der Waals surface area contributed by atoms with Crippen LogP contribution in [-0.4, -0.2) is 52.7 Å². The summed E-state index contributed by atoms with van der Waals surface area (Å²) in [5.41, 5.74) is 5.05. The second kappa shape index (κ2) is 16.4. The van der Waals surface area contributed by atoms with Crippen molar-refractivity contribution in [2.75, 3.05) is 41.9 Å². The normalized spacial score (nSPS) is 13.9. The minimum Gasteiger partial charge on any atom is -0.411 e. The maximum absolute atomic E-state index is 5.42. The molecule has 3 heterocycles. The van der Waals surface area contributed by atoms with Crippen LogP contribution in [0.15, 0.2) is 82.7 Å². The number of hydrogen-bond acceptors (Lipinski definition) is 10. The molecular weight excluding hydrogens is 480 g/mol. The van der Waals surface area contributed by atoms with Crippen molar-refractivity contribution in [3.8, 4) is 0 Å². The summed E-state index contributed by atoms with van der Waals surface area (Å²) in [5, 5.41) is 14.7. The van der Waals surface area contributed by atoms with E-state index in [0.717, 1.165) is 24.5 Å². The number of unbranched alkanes of at least 4 members (excludes halogenated alkanes) is 1. The number of ether oxygens (including phenoxy) is 1. The number of morpholine rings is 1. The van der Waals surface area contributed by atoms with Crippen molar-refractivity contribution in [1.82, 2.24) is 20.2 Å². The van der Waals surface area contributed by atoms with Gasteiger partial charge in [-0.3, -0.25) is 5.32 Å². The lowest BCUT2D eigenvalue weighted by Crippen LogP contribution is -2.36. The van der Waals surface area contributed by atoms with Gasteiger partial charge in [-0.15, -0.1) is 5.10 Å². The molecule has 0 amide bonds. The van der Waals surface area contributed by atoms with Crippen molar-refractivity contribution < 1.29 is 9.15 Å². The lowest BCUT2D eigenvalue weighted by Gasteiger charge is -2.28. The molecule has 0 aliphatic carbocycles. The van der Waals surface area contributed by atoms with E-state index in [1.54, 1.807) is 6.21 Å². The number of hydrazone groups is 1. The summed E-state index contributed by atoms with van der Waals surface area (Å²) in [6, 6.07) is 10.1. The van der Waals surface area contributed by atoms with Gasteiger partial charge in [0.2, 0.25) is 12.3 Å². The molecule has 0 unspecified atom stereocenters. The second-order valence-electron chi connectivity index (χ2n) is 8.31. The largest absolute Gasteiger partial charge is 0.411 e. The highest BCUT2D eigenvalue weighted by atomic mass is 16.5. The Labute approximate surface area is 224 Å². The smallest absolute Gasteiger partial charge is 0.321 e. The molecule has 0 atom stereocenters. The maximum atomic E-state index is 5.42. The molecular formula is C28H36N8O2. The number of anilines is 4. The third-order valence-electron chi connectivity index (χ3n) is 5.18. The van der Waals surface area contributed by atoms with Crippen LogP contribution in [0.3, 0.4) is 0 Å². The molecule has 4 rings (SSSR count). The molecule has 0 spiro atoms. The van der Waals surface area contributed by atoms with Crippen LogP contribution >= 0.6 is 0 Å². The molecule has 1 saturated heterocycles. The highest BCUT2D eigenvalue weighted by Gasteiger charge is 2.15. The van der Waals surface area contributed by atoms with Crippen molar-refractivity contribution in [1.29, 1.82) is 0 Å². The summed E-state index contributed by atoms with van der Waals surface area (Å²) in [4.78, 5) is 11.1. The number of allylic oxidation sites excluding steroid dienone is 6. The molecule has 10 heteroatoms. The fraction of sp³-hybridized carbons (Fsp3) is 0.321. The van der Waals surface area contributed by atoms with E-state index in [0.29, 0.717) is 25.0 Å². The van der Waals surface area contributed by atoms with Gasteiger partial charge in [0, 0.05) is 19.2 Å². The van der Waals surface area contributed by atoms with Crippen LogP contribution < -0.4 is 15.6 Å². The van der Waals surface area contributed by atoms with E-state index in [4.69, 9.17) is 9.15 Å². The van der Waals surface area contributed by atoms with E-state index >= 15 is 0 Å². The second-order valence-corrected chi connectivity index (χ2v) is 8.31. The van der Waals surface area contributed by atoms with Gasteiger partial charge in [-0.2, -0.15) is 15.1 Å². The maximum Gasteiger partial charge on any atom is 0.321 e. The summed E-state index contributed by atoms with van der Waals surface area (Å²) in [5.74, 6) is 1.64. The van der Waals surface area contributed by atoms with Crippen molar-refractivity contribution in [3.05, 3.63) is 84.3 Å². The number of aromatic nitrogens is 4. The first-order valence-electron chi connectivity index (χ1n) is 12.7. The van der Waals surface area contributed by atoms with Gasteiger partial charge in [0.05, 0.1) is 19.4 Å². The minimum absolute atomic E-state index is 0.251. The first kappa shape index (κ1) is 28.3. The molecule has 2 N–H and O–H groups in total. The SMILES string of the molecule is C\C=C/C=C\C=C\CCC.Cc1cccc(/C=N/Nc2nc(Nc3nnco3)cc(N3CCOCC3)n2)c1. The van der Waals surface area contributed by atoms with Crippen molar-refractivity contribution in [3.63, 3.8) is 0 Å². The fourth-order valence-electron chi connectivity index (χ4n) is 3.34. The monoisotopic (exact) mass is 516 g/mol. The van der Waals surface area contributed by atoms with Crippen LogP contribution in [0, 0.1) is 6.92 Å². The van der Waals surface area contributed by atoms with E-state index in [9.17, 15) is 0 Å². The number of benzene rings is 1. The van der Waals surface area contributed by atoms with E-state index in [1.807, 2.05) is 62.4 Å². The lowest BCUT2D eigenvalue weighted by molar-refractivity contribution is 0.122. The van der Waals surface area contributed by atoms with Crippen molar-refractivity contribution in [2.24, 2.45) is 5.10 Å². The zero-order chi connectivity index (χ0) is 26.8. The molecule has 1 aromatic carbocycles. The van der Waals surface area contributed by atoms with E-state index in [-0.39, 0.29) is 6.01 Å². The standard InChI is InChI=1S/C18H20N8O2.C10H16/c1-13-3-2-4-14(9-13)11-19-24-17-21-15(22-18-25-20-12-28-18)10-16(23-17)26-5-7-27-8-6-26;1-3-5-7-9-10-8-6-4-2/h2-4,9-12H,5-8H2,1H3,(H2,21,22,23,24,25);3,5,7-10H,4,6H2,1-2H3/b19-11+;5-3-,9-7-,10-8+. The van der Waals surface area contributed by atoms with Gasteiger partial charge in [0.15, 0.2) is 0 Å². The number of aryl methyl sites for hydroxylation is 1. The van der Waals surface area contributed by atoms with Gasteiger partial charge >= 0.3 is 6.01 Å². The zero-order valence-corrected chi connectivity index (χ0v) is 22.2. The molecule has 1 aliphatic heterocycles. The molecule has 1 aliphatic rings. The van der Waals surface area contributed by atoms with Crippen LogP contribution in [0.2, 0.25) is 0 Å². The Morgan fingerprint density at radius 1 is 1.08 bits per heavy atom. The first-order chi connectivity index (χ1) is 18.7. The summed E-state index contributed by atoms with van der Waals surface area (Å²) < 4.78 is 10.6. The average Bonchev–Trinajstić information content (AvgIpc) is 3.45. The Balaban J connectivity index is 0.000000342. The highest BCUT2D eigenvalue weighted by Crippen LogP contribution is 2.21. The highest BCUT2D eigenvalue weighted by molar-refractivity contribution is 5.80. The number of nitrogens with zero attached hydrogens (tertiary/aromatic N) is 6. The number of rotatable bonds is 10. The van der Waals surface area contributed by atoms with E-state index < -0.39 is 0 Å². The topological polar surface area (TPSA) is 114 Å². The minimum atomic E-state index is 0.251. The van der Waals surface area contributed by atoms with Crippen LogP contribution in [0.4, 0.5) is 23.6 Å². The molecule has 38 heavy (non-hydrogen) atoms. The molecule has 10 nitrogen and oxygen atoms in total. The molecule has 0 bridgehead atoms. The average molecular weight is 517 g/mol. The summed E-state index contributed by atoms with van der Waals surface area (Å²) in [6.07, 6.45) is 17.8. The van der Waals surface area contributed by atoms with Gasteiger partial charge < -0.3 is 14.1 Å². The molecule has 0 radical (unpaired) electrons. The molecule has 200 valence electrons. The van der Waals surface area contributed by atoms with Gasteiger partial charge in [0.25, 0.3) is 0 Å². The van der Waals surface area contributed by atoms with Crippen LogP contribution in [0.5, 0.6) is 0 Å². The van der Waals surface area contributed by atoms with Gasteiger partial charge in [-0.1, -0.05) is 84.7 Å². The van der Waals surface area contributed by atoms with Crippen LogP contribution in [-0.2, 0) is 4.74 Å². The van der Waals surface area contributed by atoms with Gasteiger partial charge in [-0.05, 0) is 25.8 Å². The van der Waals surface area contributed by atoms with Crippen LogP contribution in [0.25, 0.3) is 0 Å². The van der Waals surface area contributed by atoms with Crippen molar-refractivity contribution >= 4 is 29.8 Å². The third-order valence-corrected chi connectivity index (χ3v) is 5.18. The Morgan fingerprint density at radius 2 is 1.92 bits per heavy atom. The predicted molar refractivity (Wildman–Crippen MR) is 153 cm³/mol. The predicted octanol–water partition coefficient (Wildman–Crippen LogP) is 5.67. The molecule has 1 fully saturated rings. The Hall–Kier alpha value is -4.31. The summed E-state index contributed by atoms with van der Waals surface area (Å²) >= 11 is 0. The van der Waals surface area contributed by atoms with Crippen LogP contribution in [0.1, 0.15) is 37.8 Å². The molecule has 2 aromatic heterocycles. The Bertz CT molecular complexity index is 1200. The summed E-state index contributed by atoms with van der Waals surface area (Å²) in [6.45, 7) is 9.05. The molecule has 3 aromatic rings. The van der Waals surface area contributed by atoms with E-state index in [2.05, 4.69) is 66.1 Å². The number of hydrogen-bond donors (Lipinski definition) is 2. The Kier molecular flexibility index (Phi) is 12.2. The zero-order valence-electron chi connectivity index (χ0n) is 22.2. The summed E-state index contributed by atoms with van der Waals surface area (Å²) in [7, 11) is 0. The lowest BCUT2D eigenvalue weighted by atomic mass is 10.2. The Morgan fingerprint density at radius 3 is 2.66 bits per heavy atom. The fourth-order valence-corrected chi connectivity index (χ4v) is 3.34. The van der Waals surface area contributed by atoms with Gasteiger partial charge in [-0.25, -0.2) is 5.43 Å². The molecule has 0 saturated carbocycles. The quantitative estimate of drug-likeness (QED) is 0.200. The first-order valence-corrected chi connectivity index (χ1v) is 12.7. The third kappa shape index (κ3) is 10.4. The van der Waals surface area contributed by atoms with Gasteiger partial charge in [0.1, 0.15) is 11.6 Å². The van der Waals surface area contributed by atoms with E-state index in [1.165, 1.54) is 24.8 Å². The number of nitrogens with one attached hydrogen (secondary N) is 2.